The fraction of sp³-hybridized carbons (Fsp3) is 0.800. The summed E-state index contributed by atoms with van der Waals surface area (Å²) in [6.07, 6.45) is 13.6. The van der Waals surface area contributed by atoms with Gasteiger partial charge >= 0.3 is 0 Å². The highest BCUT2D eigenvalue weighted by Gasteiger charge is 2.22. The van der Waals surface area contributed by atoms with Gasteiger partial charge < -0.3 is 0 Å². The van der Waals surface area contributed by atoms with Gasteiger partial charge in [0, 0.05) is 6.20 Å². The molecule has 17 heavy (non-hydrogen) atoms. The Morgan fingerprint density at radius 1 is 1.18 bits per heavy atom. The van der Waals surface area contributed by atoms with Crippen LogP contribution in [-0.4, -0.2) is 9.78 Å². The van der Waals surface area contributed by atoms with Crippen molar-refractivity contribution < 1.29 is 0 Å². The molecule has 96 valence electrons. The summed E-state index contributed by atoms with van der Waals surface area (Å²) in [5, 5.41) is 4.51. The largest absolute Gasteiger partial charge is 0.269 e. The maximum atomic E-state index is 4.51. The lowest BCUT2D eigenvalue weighted by Crippen LogP contribution is -2.15. The SMILES string of the molecule is Cc1cnn(C2CCCCCC(C)(C)CC2)c1. The second-order valence-electron chi connectivity index (χ2n) is 6.45. The molecule has 0 radical (unpaired) electrons. The van der Waals surface area contributed by atoms with Crippen molar-refractivity contribution in [1.29, 1.82) is 0 Å². The second kappa shape index (κ2) is 5.24. The predicted molar refractivity (Wildman–Crippen MR) is 72.1 cm³/mol. The average Bonchev–Trinajstić information content (AvgIpc) is 2.70. The smallest absolute Gasteiger partial charge is 0.0519 e. The van der Waals surface area contributed by atoms with Gasteiger partial charge in [-0.3, -0.25) is 4.68 Å². The Kier molecular flexibility index (Phi) is 3.90. The summed E-state index contributed by atoms with van der Waals surface area (Å²) in [4.78, 5) is 0. The quantitative estimate of drug-likeness (QED) is 0.699. The van der Waals surface area contributed by atoms with Gasteiger partial charge in [0.15, 0.2) is 0 Å². The molecule has 0 aliphatic heterocycles. The van der Waals surface area contributed by atoms with Gasteiger partial charge in [0.05, 0.1) is 12.2 Å². The summed E-state index contributed by atoms with van der Waals surface area (Å²) in [5.74, 6) is 0. The number of aromatic nitrogens is 2. The Morgan fingerprint density at radius 2 is 2.00 bits per heavy atom. The highest BCUT2D eigenvalue weighted by atomic mass is 15.3. The normalized spacial score (nSPS) is 25.9. The average molecular weight is 234 g/mol. The van der Waals surface area contributed by atoms with E-state index < -0.39 is 0 Å². The van der Waals surface area contributed by atoms with Crippen LogP contribution in [-0.2, 0) is 0 Å². The lowest BCUT2D eigenvalue weighted by Gasteiger charge is -2.25. The van der Waals surface area contributed by atoms with Crippen LogP contribution < -0.4 is 0 Å². The molecule has 0 N–H and O–H groups in total. The van der Waals surface area contributed by atoms with E-state index in [-0.39, 0.29) is 0 Å². The topological polar surface area (TPSA) is 17.8 Å². The van der Waals surface area contributed by atoms with Crippen LogP contribution in [0.15, 0.2) is 12.4 Å². The van der Waals surface area contributed by atoms with Crippen LogP contribution >= 0.6 is 0 Å². The highest BCUT2D eigenvalue weighted by Crippen LogP contribution is 2.35. The van der Waals surface area contributed by atoms with E-state index in [1.807, 2.05) is 6.20 Å². The summed E-state index contributed by atoms with van der Waals surface area (Å²) in [6, 6.07) is 0.626. The van der Waals surface area contributed by atoms with Gasteiger partial charge in [-0.15, -0.1) is 0 Å². The molecular weight excluding hydrogens is 208 g/mol. The zero-order chi connectivity index (χ0) is 12.3. The fourth-order valence-corrected chi connectivity index (χ4v) is 2.88. The van der Waals surface area contributed by atoms with E-state index in [1.165, 1.54) is 50.5 Å². The molecule has 0 saturated heterocycles. The van der Waals surface area contributed by atoms with Crippen molar-refractivity contribution in [2.45, 2.75) is 71.8 Å². The number of aryl methyl sites for hydroxylation is 1. The van der Waals surface area contributed by atoms with Crippen molar-refractivity contribution >= 4 is 0 Å². The minimum Gasteiger partial charge on any atom is -0.269 e. The molecule has 1 atom stereocenters. The van der Waals surface area contributed by atoms with E-state index in [0.29, 0.717) is 11.5 Å². The van der Waals surface area contributed by atoms with Crippen LogP contribution in [0.3, 0.4) is 0 Å². The molecule has 1 aliphatic rings. The first-order chi connectivity index (χ1) is 8.07. The monoisotopic (exact) mass is 234 g/mol. The second-order valence-corrected chi connectivity index (χ2v) is 6.45. The van der Waals surface area contributed by atoms with Gasteiger partial charge in [0.2, 0.25) is 0 Å². The molecule has 0 bridgehead atoms. The van der Waals surface area contributed by atoms with Crippen LogP contribution in [0.2, 0.25) is 0 Å². The Bertz CT molecular complexity index is 352. The molecule has 2 rings (SSSR count). The number of hydrogen-bond acceptors (Lipinski definition) is 1. The Morgan fingerprint density at radius 3 is 2.71 bits per heavy atom. The molecule has 1 aliphatic carbocycles. The van der Waals surface area contributed by atoms with E-state index >= 15 is 0 Å². The highest BCUT2D eigenvalue weighted by molar-refractivity contribution is 5.00. The fourth-order valence-electron chi connectivity index (χ4n) is 2.88. The standard InChI is InChI=1S/C15H26N2/c1-13-11-16-17(12-13)14-7-5-4-6-9-15(2,3)10-8-14/h11-12,14H,4-10H2,1-3H3. The molecule has 1 unspecified atom stereocenters. The summed E-state index contributed by atoms with van der Waals surface area (Å²) in [5.41, 5.74) is 1.80. The molecular formula is C15H26N2. The Balaban J connectivity index is 2.05. The molecule has 1 saturated carbocycles. The summed E-state index contributed by atoms with van der Waals surface area (Å²) in [6.45, 7) is 6.97. The number of hydrogen-bond donors (Lipinski definition) is 0. The number of rotatable bonds is 1. The molecule has 1 aromatic heterocycles. The van der Waals surface area contributed by atoms with E-state index in [9.17, 15) is 0 Å². The van der Waals surface area contributed by atoms with Gasteiger partial charge in [-0.2, -0.15) is 5.10 Å². The lowest BCUT2D eigenvalue weighted by atomic mass is 9.82. The molecule has 2 heteroatoms. The lowest BCUT2D eigenvalue weighted by molar-refractivity contribution is 0.268. The molecule has 2 nitrogen and oxygen atoms in total. The van der Waals surface area contributed by atoms with Crippen LogP contribution in [0.25, 0.3) is 0 Å². The van der Waals surface area contributed by atoms with Gasteiger partial charge in [0.1, 0.15) is 0 Å². The van der Waals surface area contributed by atoms with Crippen LogP contribution in [0.5, 0.6) is 0 Å². The van der Waals surface area contributed by atoms with E-state index in [2.05, 4.69) is 36.7 Å². The van der Waals surface area contributed by atoms with Crippen molar-refractivity contribution in [2.75, 3.05) is 0 Å². The molecule has 0 spiro atoms. The van der Waals surface area contributed by atoms with Crippen LogP contribution in [0.4, 0.5) is 0 Å². The van der Waals surface area contributed by atoms with Gasteiger partial charge in [0.25, 0.3) is 0 Å². The first-order valence-electron chi connectivity index (χ1n) is 7.08. The summed E-state index contributed by atoms with van der Waals surface area (Å²) < 4.78 is 2.21. The third-order valence-corrected chi connectivity index (χ3v) is 4.15. The van der Waals surface area contributed by atoms with Crippen LogP contribution in [0.1, 0.15) is 70.4 Å². The Hall–Kier alpha value is -0.790. The zero-order valence-electron chi connectivity index (χ0n) is 11.6. The maximum Gasteiger partial charge on any atom is 0.0519 e. The van der Waals surface area contributed by atoms with Crippen molar-refractivity contribution in [3.8, 4) is 0 Å². The van der Waals surface area contributed by atoms with Crippen molar-refractivity contribution in [3.63, 3.8) is 0 Å². The van der Waals surface area contributed by atoms with Gasteiger partial charge in [-0.05, 0) is 43.6 Å². The molecule has 1 fully saturated rings. The van der Waals surface area contributed by atoms with Crippen LogP contribution in [0, 0.1) is 12.3 Å². The predicted octanol–water partition coefficient (Wildman–Crippen LogP) is 4.50. The Labute approximate surface area is 105 Å². The molecule has 1 aromatic rings. The minimum absolute atomic E-state index is 0.519. The van der Waals surface area contributed by atoms with Crippen molar-refractivity contribution in [2.24, 2.45) is 5.41 Å². The maximum absolute atomic E-state index is 4.51. The molecule has 1 heterocycles. The summed E-state index contributed by atoms with van der Waals surface area (Å²) in [7, 11) is 0. The third-order valence-electron chi connectivity index (χ3n) is 4.15. The van der Waals surface area contributed by atoms with Gasteiger partial charge in [-0.25, -0.2) is 0 Å². The molecule has 0 amide bonds. The molecule has 0 aromatic carbocycles. The van der Waals surface area contributed by atoms with E-state index in [1.54, 1.807) is 0 Å². The minimum atomic E-state index is 0.519. The van der Waals surface area contributed by atoms with Gasteiger partial charge in [-0.1, -0.05) is 33.1 Å². The first kappa shape index (κ1) is 12.7. The third kappa shape index (κ3) is 3.58. The van der Waals surface area contributed by atoms with E-state index in [4.69, 9.17) is 0 Å². The van der Waals surface area contributed by atoms with Crippen molar-refractivity contribution in [3.05, 3.63) is 18.0 Å². The number of nitrogens with zero attached hydrogens (tertiary/aromatic N) is 2. The van der Waals surface area contributed by atoms with E-state index in [0.717, 1.165) is 0 Å². The van der Waals surface area contributed by atoms with Crippen molar-refractivity contribution in [1.82, 2.24) is 9.78 Å². The zero-order valence-corrected chi connectivity index (χ0v) is 11.6. The summed E-state index contributed by atoms with van der Waals surface area (Å²) >= 11 is 0. The first-order valence-corrected chi connectivity index (χ1v) is 7.08.